The third kappa shape index (κ3) is 2.50. The molecule has 0 N–H and O–H groups in total. The minimum atomic E-state index is 0.642. The van der Waals surface area contributed by atoms with Crippen molar-refractivity contribution in [1.29, 1.82) is 0 Å². The highest BCUT2D eigenvalue weighted by Gasteiger charge is 2.30. The van der Waals surface area contributed by atoms with Gasteiger partial charge in [-0.15, -0.1) is 0 Å². The average Bonchev–Trinajstić information content (AvgIpc) is 2.13. The largest absolute Gasteiger partial charge is 0.0654 e. The highest BCUT2D eigenvalue weighted by molar-refractivity contribution is 4.80. The molecule has 0 saturated carbocycles. The molecule has 0 saturated heterocycles. The Morgan fingerprint density at radius 2 is 1.50 bits per heavy atom. The molecule has 1 atom stereocenters. The predicted octanol–water partition coefficient (Wildman–Crippen LogP) is 4.64. The SMILES string of the molecule is CCCC(CC)(CC)C(C)CC. The van der Waals surface area contributed by atoms with E-state index in [4.69, 9.17) is 0 Å². The van der Waals surface area contributed by atoms with E-state index < -0.39 is 0 Å². The lowest BCUT2D eigenvalue weighted by molar-refractivity contribution is 0.135. The second-order valence-electron chi connectivity index (χ2n) is 4.13. The van der Waals surface area contributed by atoms with E-state index in [0.29, 0.717) is 5.41 Å². The first-order chi connectivity index (χ1) is 5.66. The number of hydrogen-bond acceptors (Lipinski definition) is 0. The van der Waals surface area contributed by atoms with Gasteiger partial charge in [-0.2, -0.15) is 0 Å². The fourth-order valence-corrected chi connectivity index (χ4v) is 2.48. The van der Waals surface area contributed by atoms with E-state index in [1.165, 1.54) is 32.1 Å². The Morgan fingerprint density at radius 1 is 1.00 bits per heavy atom. The molecule has 0 nitrogen and oxygen atoms in total. The van der Waals surface area contributed by atoms with Crippen molar-refractivity contribution in [2.45, 2.75) is 66.7 Å². The van der Waals surface area contributed by atoms with Crippen LogP contribution in [0.25, 0.3) is 0 Å². The Bertz CT molecular complexity index is 101. The quantitative estimate of drug-likeness (QED) is 0.545. The average molecular weight is 170 g/mol. The molecular weight excluding hydrogens is 144 g/mol. The number of rotatable bonds is 6. The van der Waals surface area contributed by atoms with Crippen LogP contribution in [0.2, 0.25) is 0 Å². The van der Waals surface area contributed by atoms with Crippen LogP contribution in [0.15, 0.2) is 0 Å². The zero-order valence-corrected chi connectivity index (χ0v) is 9.61. The van der Waals surface area contributed by atoms with E-state index in [1.54, 1.807) is 0 Å². The molecule has 1 unspecified atom stereocenters. The fraction of sp³-hybridized carbons (Fsp3) is 1.00. The molecule has 0 aliphatic heterocycles. The van der Waals surface area contributed by atoms with Gasteiger partial charge in [0.05, 0.1) is 0 Å². The van der Waals surface area contributed by atoms with Crippen molar-refractivity contribution in [2.75, 3.05) is 0 Å². The molecule has 0 spiro atoms. The van der Waals surface area contributed by atoms with E-state index in [2.05, 4.69) is 34.6 Å². The fourth-order valence-electron chi connectivity index (χ4n) is 2.48. The van der Waals surface area contributed by atoms with E-state index >= 15 is 0 Å². The van der Waals surface area contributed by atoms with Crippen molar-refractivity contribution >= 4 is 0 Å². The summed E-state index contributed by atoms with van der Waals surface area (Å²) >= 11 is 0. The normalized spacial score (nSPS) is 14.8. The lowest BCUT2D eigenvalue weighted by Crippen LogP contribution is -2.27. The van der Waals surface area contributed by atoms with Gasteiger partial charge in [0.25, 0.3) is 0 Å². The van der Waals surface area contributed by atoms with Crippen molar-refractivity contribution in [3.63, 3.8) is 0 Å². The second kappa shape index (κ2) is 5.61. The molecule has 0 heteroatoms. The molecule has 0 amide bonds. The highest BCUT2D eigenvalue weighted by Crippen LogP contribution is 2.41. The Balaban J connectivity index is 4.33. The first-order valence-electron chi connectivity index (χ1n) is 5.66. The van der Waals surface area contributed by atoms with Crippen molar-refractivity contribution in [1.82, 2.24) is 0 Å². The smallest absolute Gasteiger partial charge is 0.0277 e. The minimum absolute atomic E-state index is 0.642. The van der Waals surface area contributed by atoms with Gasteiger partial charge >= 0.3 is 0 Å². The molecule has 0 aromatic heterocycles. The molecule has 0 aromatic rings. The van der Waals surface area contributed by atoms with E-state index in [-0.39, 0.29) is 0 Å². The van der Waals surface area contributed by atoms with Gasteiger partial charge in [-0.3, -0.25) is 0 Å². The van der Waals surface area contributed by atoms with Gasteiger partial charge in [0, 0.05) is 0 Å². The molecular formula is C12H26. The minimum Gasteiger partial charge on any atom is -0.0654 e. The van der Waals surface area contributed by atoms with Crippen LogP contribution in [0.3, 0.4) is 0 Å². The van der Waals surface area contributed by atoms with Crippen molar-refractivity contribution in [3.05, 3.63) is 0 Å². The van der Waals surface area contributed by atoms with Crippen LogP contribution in [0.5, 0.6) is 0 Å². The Labute approximate surface area is 78.8 Å². The lowest BCUT2D eigenvalue weighted by atomic mass is 9.68. The topological polar surface area (TPSA) is 0 Å². The molecule has 0 aromatic carbocycles. The summed E-state index contributed by atoms with van der Waals surface area (Å²) in [4.78, 5) is 0. The van der Waals surface area contributed by atoms with Gasteiger partial charge in [-0.25, -0.2) is 0 Å². The molecule has 12 heavy (non-hydrogen) atoms. The van der Waals surface area contributed by atoms with Crippen LogP contribution < -0.4 is 0 Å². The van der Waals surface area contributed by atoms with Gasteiger partial charge in [0.2, 0.25) is 0 Å². The summed E-state index contributed by atoms with van der Waals surface area (Å²) in [7, 11) is 0. The van der Waals surface area contributed by atoms with Crippen LogP contribution >= 0.6 is 0 Å². The van der Waals surface area contributed by atoms with Gasteiger partial charge < -0.3 is 0 Å². The third-order valence-corrected chi connectivity index (χ3v) is 3.81. The third-order valence-electron chi connectivity index (χ3n) is 3.81. The molecule has 74 valence electrons. The van der Waals surface area contributed by atoms with Gasteiger partial charge in [0.15, 0.2) is 0 Å². The first kappa shape index (κ1) is 12.0. The van der Waals surface area contributed by atoms with Crippen LogP contribution in [-0.4, -0.2) is 0 Å². The van der Waals surface area contributed by atoms with Gasteiger partial charge in [0.1, 0.15) is 0 Å². The maximum Gasteiger partial charge on any atom is -0.0277 e. The van der Waals surface area contributed by atoms with E-state index in [9.17, 15) is 0 Å². The molecule has 0 bridgehead atoms. The Morgan fingerprint density at radius 3 is 1.75 bits per heavy atom. The Hall–Kier alpha value is 0. The maximum absolute atomic E-state index is 2.42. The highest BCUT2D eigenvalue weighted by atomic mass is 14.3. The zero-order chi connectivity index (χ0) is 9.61. The van der Waals surface area contributed by atoms with Gasteiger partial charge in [-0.1, -0.05) is 60.3 Å². The second-order valence-corrected chi connectivity index (χ2v) is 4.13. The standard InChI is InChI=1S/C12H26/c1-6-10-12(8-3,9-4)11(5)7-2/h11H,6-10H2,1-5H3. The van der Waals surface area contributed by atoms with Gasteiger partial charge in [-0.05, 0) is 17.8 Å². The summed E-state index contributed by atoms with van der Waals surface area (Å²) in [5.74, 6) is 0.896. The molecule has 0 aliphatic carbocycles. The summed E-state index contributed by atoms with van der Waals surface area (Å²) in [6.07, 6.45) is 6.79. The maximum atomic E-state index is 2.42. The Kier molecular flexibility index (Phi) is 5.61. The van der Waals surface area contributed by atoms with Crippen molar-refractivity contribution < 1.29 is 0 Å². The van der Waals surface area contributed by atoms with E-state index in [0.717, 1.165) is 5.92 Å². The lowest BCUT2D eigenvalue weighted by Gasteiger charge is -2.37. The van der Waals surface area contributed by atoms with Crippen LogP contribution in [-0.2, 0) is 0 Å². The molecule has 0 rings (SSSR count). The van der Waals surface area contributed by atoms with E-state index in [1.807, 2.05) is 0 Å². The summed E-state index contributed by atoms with van der Waals surface area (Å²) < 4.78 is 0. The summed E-state index contributed by atoms with van der Waals surface area (Å²) in [5, 5.41) is 0. The molecule has 0 aliphatic rings. The molecule has 0 fully saturated rings. The monoisotopic (exact) mass is 170 g/mol. The molecule has 0 radical (unpaired) electrons. The molecule has 0 heterocycles. The van der Waals surface area contributed by atoms with Crippen LogP contribution in [0.4, 0.5) is 0 Å². The first-order valence-corrected chi connectivity index (χ1v) is 5.66. The van der Waals surface area contributed by atoms with Crippen LogP contribution in [0.1, 0.15) is 66.7 Å². The zero-order valence-electron chi connectivity index (χ0n) is 9.61. The van der Waals surface area contributed by atoms with Crippen LogP contribution in [0, 0.1) is 11.3 Å². The predicted molar refractivity (Wildman–Crippen MR) is 57.4 cm³/mol. The van der Waals surface area contributed by atoms with Crippen molar-refractivity contribution in [3.8, 4) is 0 Å². The summed E-state index contributed by atoms with van der Waals surface area (Å²) in [6, 6.07) is 0. The number of hydrogen-bond donors (Lipinski definition) is 0. The summed E-state index contributed by atoms with van der Waals surface area (Å²) in [5.41, 5.74) is 0.642. The summed E-state index contributed by atoms with van der Waals surface area (Å²) in [6.45, 7) is 11.8. The van der Waals surface area contributed by atoms with Crippen molar-refractivity contribution in [2.24, 2.45) is 11.3 Å².